The van der Waals surface area contributed by atoms with Crippen molar-refractivity contribution in [3.05, 3.63) is 0 Å². The lowest BCUT2D eigenvalue weighted by atomic mass is 10.00. The molecule has 24 nitrogen and oxygen atoms in total. The molecule has 288 valence electrons. The van der Waals surface area contributed by atoms with E-state index in [0.717, 1.165) is 0 Å². The summed E-state index contributed by atoms with van der Waals surface area (Å²) in [6.07, 6.45) is -27.8. The topological polar surface area (TPSA) is 457 Å². The molecule has 24 heteroatoms. The molecule has 0 aliphatic carbocycles. The molecule has 2 aliphatic rings. The van der Waals surface area contributed by atoms with Crippen molar-refractivity contribution in [2.75, 3.05) is 26.4 Å². The van der Waals surface area contributed by atoms with Gasteiger partial charge >= 0.3 is 0 Å². The lowest BCUT2D eigenvalue weighted by Crippen LogP contribution is -2.58. The zero-order valence-electron chi connectivity index (χ0n) is 25.0. The highest BCUT2D eigenvalue weighted by Crippen LogP contribution is 2.20. The third-order valence-corrected chi connectivity index (χ3v) is 6.58. The Morgan fingerprint density at radius 3 is 0.917 bits per heavy atom. The molecule has 18 atom stereocenters. The fraction of sp³-hybridized carbons (Fsp3) is 0.917. The van der Waals surface area contributed by atoms with Crippen molar-refractivity contribution in [3.8, 4) is 0 Å². The van der Waals surface area contributed by atoms with E-state index in [4.69, 9.17) is 102 Å². The van der Waals surface area contributed by atoms with Gasteiger partial charge in [-0.3, -0.25) is 0 Å². The minimum Gasteiger partial charge on any atom is -0.394 e. The molecule has 0 aromatic heterocycles. The first-order valence-corrected chi connectivity index (χ1v) is 13.8. The van der Waals surface area contributed by atoms with E-state index in [1.54, 1.807) is 0 Å². The molecule has 48 heavy (non-hydrogen) atoms. The maximum atomic E-state index is 9.90. The van der Waals surface area contributed by atoms with Gasteiger partial charge in [-0.2, -0.15) is 0 Å². The van der Waals surface area contributed by atoms with Gasteiger partial charge in [-0.1, -0.05) is 0 Å². The highest BCUT2D eigenvalue weighted by molar-refractivity contribution is 5.57. The normalized spacial score (nSPS) is 35.2. The minimum atomic E-state index is -1.79. The van der Waals surface area contributed by atoms with Crippen LogP contribution in [0.25, 0.3) is 0 Å². The minimum absolute atomic E-state index is 0.0258. The van der Waals surface area contributed by atoms with Crippen molar-refractivity contribution in [2.24, 2.45) is 0 Å². The summed E-state index contributed by atoms with van der Waals surface area (Å²) in [5.74, 6) is 0. The van der Waals surface area contributed by atoms with Crippen molar-refractivity contribution in [2.45, 2.75) is 110 Å². The zero-order valence-corrected chi connectivity index (χ0v) is 25.0. The summed E-state index contributed by atoms with van der Waals surface area (Å²) in [6.45, 7) is -2.57. The lowest BCUT2D eigenvalue weighted by molar-refractivity contribution is -0.286. The summed E-state index contributed by atoms with van der Waals surface area (Å²) in [6, 6.07) is 0. The van der Waals surface area contributed by atoms with E-state index in [1.165, 1.54) is 0 Å². The van der Waals surface area contributed by atoms with E-state index in [1.807, 2.05) is 0 Å². The number of carbonyl (C=O) groups excluding carboxylic acids is 2. The molecule has 0 aromatic rings. The summed E-state index contributed by atoms with van der Waals surface area (Å²) < 4.78 is 9.15. The first-order valence-electron chi connectivity index (χ1n) is 13.8. The summed E-state index contributed by atoms with van der Waals surface area (Å²) in [5.41, 5.74) is 0. The smallest absolute Gasteiger partial charge is 0.184 e. The van der Waals surface area contributed by atoms with Crippen LogP contribution in [0.15, 0.2) is 0 Å². The van der Waals surface area contributed by atoms with Crippen molar-refractivity contribution in [1.82, 2.24) is 0 Å². The van der Waals surface area contributed by atoms with Gasteiger partial charge in [0, 0.05) is 0 Å². The highest BCUT2D eigenvalue weighted by atomic mass is 16.6. The van der Waals surface area contributed by atoms with Gasteiger partial charge < -0.3 is 121 Å². The quantitative estimate of drug-likeness (QED) is 0.0832. The lowest BCUT2D eigenvalue weighted by Gasteiger charge is -2.37. The van der Waals surface area contributed by atoms with Crippen LogP contribution in [-0.4, -0.2) is 251 Å². The second-order valence-electron chi connectivity index (χ2n) is 10.2. The summed E-state index contributed by atoms with van der Waals surface area (Å²) in [5, 5.41) is 176. The first kappa shape index (κ1) is 48.6. The van der Waals surface area contributed by atoms with Crippen LogP contribution in [0, 0.1) is 0 Å². The molecule has 0 amide bonds. The second kappa shape index (κ2) is 24.6. The van der Waals surface area contributed by atoms with Crippen molar-refractivity contribution in [3.63, 3.8) is 0 Å². The number of aliphatic hydroxyl groups excluding tert-OH is 20. The second-order valence-corrected chi connectivity index (χ2v) is 10.2. The van der Waals surface area contributed by atoms with Gasteiger partial charge in [0.05, 0.1) is 26.4 Å². The van der Waals surface area contributed by atoms with Crippen LogP contribution >= 0.6 is 0 Å². The van der Waals surface area contributed by atoms with Crippen LogP contribution in [-0.2, 0) is 19.1 Å². The fourth-order valence-electron chi connectivity index (χ4n) is 3.40. The van der Waals surface area contributed by atoms with Crippen LogP contribution in [0.4, 0.5) is 0 Å². The van der Waals surface area contributed by atoms with Crippen molar-refractivity contribution >= 4 is 12.6 Å². The summed E-state index contributed by atoms with van der Waals surface area (Å²) >= 11 is 0. The number of carbonyl (C=O) groups is 2. The number of hydrogen-bond acceptors (Lipinski definition) is 24. The van der Waals surface area contributed by atoms with Crippen molar-refractivity contribution < 1.29 is 121 Å². The monoisotopic (exact) mass is 720 g/mol. The number of rotatable bonds is 12. The number of ether oxygens (including phenoxy) is 2. The molecule has 20 N–H and O–H groups in total. The Morgan fingerprint density at radius 1 is 0.438 bits per heavy atom. The van der Waals surface area contributed by atoms with Crippen LogP contribution in [0.1, 0.15) is 0 Å². The molecule has 12 unspecified atom stereocenters. The standard InChI is InChI=1S/4C6H12O6/c2*7-1-2-3(8)4(9)5(10)6(11)12-2;2*7-1-3(9)5(11)6(12)4(10)2-8/h2*2-11H,1H2;2*1,3-6,8-12H,2H2/t2?,3-,4+,5?,6+;2?,3-,4+,5?,6-;;/m00../s1. The molecule has 2 rings (SSSR count). The number of aldehydes is 2. The van der Waals surface area contributed by atoms with E-state index >= 15 is 0 Å². The van der Waals surface area contributed by atoms with Gasteiger partial charge in [-0.15, -0.1) is 0 Å². The molecule has 0 radical (unpaired) electrons. The van der Waals surface area contributed by atoms with E-state index in [9.17, 15) is 9.59 Å². The molecular weight excluding hydrogens is 672 g/mol. The largest absolute Gasteiger partial charge is 0.394 e. The van der Waals surface area contributed by atoms with Gasteiger partial charge in [0.15, 0.2) is 25.2 Å². The van der Waals surface area contributed by atoms with Gasteiger partial charge in [0.25, 0.3) is 0 Å². The molecule has 0 bridgehead atoms. The molecule has 0 aromatic carbocycles. The Labute approximate surface area is 271 Å². The molecule has 0 saturated carbocycles. The summed E-state index contributed by atoms with van der Waals surface area (Å²) in [4.78, 5) is 19.8. The van der Waals surface area contributed by atoms with Gasteiger partial charge in [-0.25, -0.2) is 0 Å². The Kier molecular flexibility index (Phi) is 24.9. The number of hydrogen-bond donors (Lipinski definition) is 20. The van der Waals surface area contributed by atoms with Crippen LogP contribution in [0.3, 0.4) is 0 Å². The van der Waals surface area contributed by atoms with Crippen LogP contribution in [0.2, 0.25) is 0 Å². The molecule has 2 aliphatic heterocycles. The molecule has 2 fully saturated rings. The highest BCUT2D eigenvalue weighted by Gasteiger charge is 2.43. The zero-order chi connectivity index (χ0) is 38.0. The van der Waals surface area contributed by atoms with E-state index in [0.29, 0.717) is 0 Å². The molecule has 0 spiro atoms. The molecule has 2 heterocycles. The van der Waals surface area contributed by atoms with Crippen LogP contribution in [0.5, 0.6) is 0 Å². The predicted octanol–water partition coefficient (Wildman–Crippen LogP) is -13.2. The Hall–Kier alpha value is -1.54. The number of aliphatic hydroxyl groups is 20. The maximum Gasteiger partial charge on any atom is 0.184 e. The average Bonchev–Trinajstić information content (AvgIpc) is 3.10. The average molecular weight is 721 g/mol. The Balaban J connectivity index is 0. The van der Waals surface area contributed by atoms with Crippen molar-refractivity contribution in [1.29, 1.82) is 0 Å². The third-order valence-electron chi connectivity index (χ3n) is 6.58. The van der Waals surface area contributed by atoms with E-state index < -0.39 is 137 Å². The van der Waals surface area contributed by atoms with E-state index in [2.05, 4.69) is 9.47 Å². The predicted molar refractivity (Wildman–Crippen MR) is 146 cm³/mol. The molecular formula is C24H48O24. The van der Waals surface area contributed by atoms with Gasteiger partial charge in [0.1, 0.15) is 97.7 Å². The van der Waals surface area contributed by atoms with E-state index in [-0.39, 0.29) is 12.6 Å². The molecule has 2 saturated heterocycles. The third kappa shape index (κ3) is 15.1. The summed E-state index contributed by atoms with van der Waals surface area (Å²) in [7, 11) is 0. The maximum absolute atomic E-state index is 9.90. The first-order chi connectivity index (χ1) is 22.2. The SMILES string of the molecule is O=CC(O)C(O)C(O)C(O)CO.O=CC(O)C(O)C(O)C(O)CO.OCC1O[C@@H](O)C(O)[C@H](O)[C@H]1O.OCC1O[C@H](O)C(O)[C@H](O)[C@H]1O. The fourth-order valence-corrected chi connectivity index (χ4v) is 3.40. The Morgan fingerprint density at radius 2 is 0.708 bits per heavy atom. The van der Waals surface area contributed by atoms with Crippen LogP contribution < -0.4 is 0 Å². The van der Waals surface area contributed by atoms with Gasteiger partial charge in [0.2, 0.25) is 0 Å². The Bertz CT molecular complexity index is 766. The van der Waals surface area contributed by atoms with Gasteiger partial charge in [-0.05, 0) is 0 Å².